The topological polar surface area (TPSA) is 47.6 Å². The molecule has 1 fully saturated rings. The third-order valence-electron chi connectivity index (χ3n) is 3.84. The second-order valence-corrected chi connectivity index (χ2v) is 6.00. The Kier molecular flexibility index (Phi) is 4.01. The number of carbonyl (C=O) groups excluding carboxylic acids is 1. The fraction of sp³-hybridized carbons (Fsp3) is 0.533. The van der Waals surface area contributed by atoms with Crippen molar-refractivity contribution in [1.82, 2.24) is 5.32 Å². The van der Waals surface area contributed by atoms with Gasteiger partial charge in [-0.2, -0.15) is 0 Å². The molecule has 1 saturated carbocycles. The summed E-state index contributed by atoms with van der Waals surface area (Å²) < 4.78 is 11.2. The van der Waals surface area contributed by atoms with Gasteiger partial charge in [0.25, 0.3) is 5.91 Å². The van der Waals surface area contributed by atoms with E-state index in [1.165, 1.54) is 0 Å². The molecular weight excluding hydrogens is 278 g/mol. The summed E-state index contributed by atoms with van der Waals surface area (Å²) in [6.07, 6.45) is 2.53. The lowest BCUT2D eigenvalue weighted by Gasteiger charge is -2.26. The van der Waals surface area contributed by atoms with Gasteiger partial charge in [-0.1, -0.05) is 12.1 Å². The lowest BCUT2D eigenvalue weighted by atomic mass is 10.1. The molecule has 0 bridgehead atoms. The van der Waals surface area contributed by atoms with Crippen LogP contribution in [-0.4, -0.2) is 30.5 Å². The SMILES string of the molecule is O=C(NCC1CCC(Cl)C1)C1COc2ccccc2O1. The highest BCUT2D eigenvalue weighted by molar-refractivity contribution is 6.20. The molecule has 0 spiro atoms. The summed E-state index contributed by atoms with van der Waals surface area (Å²) in [6, 6.07) is 7.39. The van der Waals surface area contributed by atoms with Gasteiger partial charge in [-0.15, -0.1) is 11.6 Å². The predicted octanol–water partition coefficient (Wildman–Crippen LogP) is 2.35. The molecule has 5 heteroatoms. The van der Waals surface area contributed by atoms with Gasteiger partial charge < -0.3 is 14.8 Å². The van der Waals surface area contributed by atoms with Gasteiger partial charge in [-0.05, 0) is 37.3 Å². The maximum Gasteiger partial charge on any atom is 0.264 e. The third kappa shape index (κ3) is 3.01. The Hall–Kier alpha value is -1.42. The molecule has 108 valence electrons. The number of hydrogen-bond donors (Lipinski definition) is 1. The van der Waals surface area contributed by atoms with Crippen LogP contribution in [0.1, 0.15) is 19.3 Å². The molecule has 1 aliphatic carbocycles. The van der Waals surface area contributed by atoms with Gasteiger partial charge in [0.1, 0.15) is 6.61 Å². The van der Waals surface area contributed by atoms with Crippen molar-refractivity contribution < 1.29 is 14.3 Å². The number of hydrogen-bond acceptors (Lipinski definition) is 3. The number of rotatable bonds is 3. The molecule has 3 unspecified atom stereocenters. The zero-order valence-corrected chi connectivity index (χ0v) is 11.9. The molecule has 3 rings (SSSR count). The van der Waals surface area contributed by atoms with Crippen LogP contribution in [0.3, 0.4) is 0 Å². The lowest BCUT2D eigenvalue weighted by Crippen LogP contribution is -2.45. The number of benzene rings is 1. The van der Waals surface area contributed by atoms with Crippen molar-refractivity contribution in [3.8, 4) is 11.5 Å². The second-order valence-electron chi connectivity index (χ2n) is 5.39. The first-order valence-electron chi connectivity index (χ1n) is 7.02. The van der Waals surface area contributed by atoms with Crippen LogP contribution in [0.4, 0.5) is 0 Å². The number of para-hydroxylation sites is 2. The molecule has 1 aromatic rings. The molecule has 20 heavy (non-hydrogen) atoms. The van der Waals surface area contributed by atoms with Gasteiger partial charge in [0.2, 0.25) is 6.10 Å². The van der Waals surface area contributed by atoms with Crippen molar-refractivity contribution in [3.05, 3.63) is 24.3 Å². The number of alkyl halides is 1. The Morgan fingerprint density at radius 1 is 1.30 bits per heavy atom. The quantitative estimate of drug-likeness (QED) is 0.871. The van der Waals surface area contributed by atoms with E-state index in [0.717, 1.165) is 19.3 Å². The minimum atomic E-state index is -0.571. The molecular formula is C15H18ClNO3. The Labute approximate surface area is 123 Å². The molecule has 0 saturated heterocycles. The smallest absolute Gasteiger partial charge is 0.264 e. The molecule has 1 N–H and O–H groups in total. The van der Waals surface area contributed by atoms with Crippen molar-refractivity contribution in [3.63, 3.8) is 0 Å². The Morgan fingerprint density at radius 3 is 2.85 bits per heavy atom. The summed E-state index contributed by atoms with van der Waals surface area (Å²) in [5, 5.41) is 3.21. The summed E-state index contributed by atoms with van der Waals surface area (Å²) in [4.78, 5) is 12.1. The number of halogens is 1. The van der Waals surface area contributed by atoms with E-state index in [-0.39, 0.29) is 17.9 Å². The van der Waals surface area contributed by atoms with Crippen LogP contribution < -0.4 is 14.8 Å². The molecule has 1 heterocycles. The highest BCUT2D eigenvalue weighted by Gasteiger charge is 2.29. The van der Waals surface area contributed by atoms with E-state index in [1.54, 1.807) is 0 Å². The van der Waals surface area contributed by atoms with E-state index in [9.17, 15) is 4.79 Å². The van der Waals surface area contributed by atoms with E-state index >= 15 is 0 Å². The van der Waals surface area contributed by atoms with Crippen LogP contribution in [0.25, 0.3) is 0 Å². The number of nitrogens with one attached hydrogen (secondary N) is 1. The highest BCUT2D eigenvalue weighted by Crippen LogP contribution is 2.31. The van der Waals surface area contributed by atoms with Gasteiger partial charge in [0.15, 0.2) is 11.5 Å². The number of ether oxygens (including phenoxy) is 2. The summed E-state index contributed by atoms with van der Waals surface area (Å²) in [5.41, 5.74) is 0. The van der Waals surface area contributed by atoms with Crippen molar-refractivity contribution >= 4 is 17.5 Å². The number of fused-ring (bicyclic) bond motifs is 1. The summed E-state index contributed by atoms with van der Waals surface area (Å²) in [7, 11) is 0. The van der Waals surface area contributed by atoms with Crippen LogP contribution in [0.15, 0.2) is 24.3 Å². The minimum absolute atomic E-state index is 0.113. The van der Waals surface area contributed by atoms with Gasteiger partial charge in [0, 0.05) is 11.9 Å². The monoisotopic (exact) mass is 295 g/mol. The predicted molar refractivity (Wildman–Crippen MR) is 76.3 cm³/mol. The minimum Gasteiger partial charge on any atom is -0.485 e. The van der Waals surface area contributed by atoms with E-state index in [0.29, 0.717) is 24.0 Å². The van der Waals surface area contributed by atoms with Crippen LogP contribution in [0.5, 0.6) is 11.5 Å². The molecule has 1 aromatic carbocycles. The number of amides is 1. The Balaban J connectivity index is 1.51. The molecule has 1 amide bonds. The van der Waals surface area contributed by atoms with Crippen LogP contribution in [-0.2, 0) is 4.79 Å². The molecule has 0 aromatic heterocycles. The molecule has 3 atom stereocenters. The standard InChI is InChI=1S/C15H18ClNO3/c16-11-6-5-10(7-11)8-17-15(18)14-9-19-12-3-1-2-4-13(12)20-14/h1-4,10-11,14H,5-9H2,(H,17,18). The zero-order valence-electron chi connectivity index (χ0n) is 11.2. The largest absolute Gasteiger partial charge is 0.485 e. The molecule has 1 aliphatic heterocycles. The van der Waals surface area contributed by atoms with Crippen LogP contribution in [0.2, 0.25) is 0 Å². The maximum absolute atomic E-state index is 12.1. The van der Waals surface area contributed by atoms with Crippen molar-refractivity contribution in [2.24, 2.45) is 5.92 Å². The molecule has 4 nitrogen and oxygen atoms in total. The average Bonchev–Trinajstić information content (AvgIpc) is 2.90. The third-order valence-corrected chi connectivity index (χ3v) is 4.24. The van der Waals surface area contributed by atoms with Crippen molar-refractivity contribution in [1.29, 1.82) is 0 Å². The van der Waals surface area contributed by atoms with E-state index < -0.39 is 6.10 Å². The summed E-state index contributed by atoms with van der Waals surface area (Å²) >= 11 is 6.07. The zero-order chi connectivity index (χ0) is 13.9. The van der Waals surface area contributed by atoms with E-state index in [1.807, 2.05) is 24.3 Å². The van der Waals surface area contributed by atoms with Gasteiger partial charge >= 0.3 is 0 Å². The average molecular weight is 296 g/mol. The summed E-state index contributed by atoms with van der Waals surface area (Å²) in [5.74, 6) is 1.69. The second kappa shape index (κ2) is 5.92. The first-order valence-corrected chi connectivity index (χ1v) is 7.46. The Bertz CT molecular complexity index is 494. The first kappa shape index (κ1) is 13.6. The van der Waals surface area contributed by atoms with E-state index in [2.05, 4.69) is 5.32 Å². The summed E-state index contributed by atoms with van der Waals surface area (Å²) in [6.45, 7) is 0.926. The van der Waals surface area contributed by atoms with Crippen molar-refractivity contribution in [2.45, 2.75) is 30.7 Å². The first-order chi connectivity index (χ1) is 9.72. The lowest BCUT2D eigenvalue weighted by molar-refractivity contribution is -0.130. The normalized spacial score (nSPS) is 28.1. The number of carbonyl (C=O) groups is 1. The van der Waals surface area contributed by atoms with Gasteiger partial charge in [-0.3, -0.25) is 4.79 Å². The highest BCUT2D eigenvalue weighted by atomic mass is 35.5. The maximum atomic E-state index is 12.1. The van der Waals surface area contributed by atoms with E-state index in [4.69, 9.17) is 21.1 Å². The molecule has 2 aliphatic rings. The van der Waals surface area contributed by atoms with Gasteiger partial charge in [0.05, 0.1) is 0 Å². The fourth-order valence-corrected chi connectivity index (χ4v) is 3.08. The van der Waals surface area contributed by atoms with Crippen LogP contribution >= 0.6 is 11.6 Å². The molecule has 0 radical (unpaired) electrons. The Morgan fingerprint density at radius 2 is 2.10 bits per heavy atom. The van der Waals surface area contributed by atoms with Crippen LogP contribution in [0, 0.1) is 5.92 Å². The van der Waals surface area contributed by atoms with Crippen molar-refractivity contribution in [2.75, 3.05) is 13.2 Å². The fourth-order valence-electron chi connectivity index (χ4n) is 2.71. The van der Waals surface area contributed by atoms with Gasteiger partial charge in [-0.25, -0.2) is 0 Å².